The molecular weight excluding hydrogens is 441 g/mol. The molecule has 0 aliphatic rings. The number of carboxylic acid groups (broad SMARTS) is 1. The highest BCUT2D eigenvalue weighted by Gasteiger charge is 2.16. The van der Waals surface area contributed by atoms with Gasteiger partial charge < -0.3 is 14.6 Å². The number of halogens is 1. The minimum Gasteiger partial charge on any atom is -0.492 e. The fraction of sp³-hybridized carbons (Fsp3) is 0.312. The average Bonchev–Trinajstić information content (AvgIpc) is 3.29. The summed E-state index contributed by atoms with van der Waals surface area (Å²) in [6, 6.07) is 3.24. The van der Waals surface area contributed by atoms with Crippen molar-refractivity contribution in [3.63, 3.8) is 0 Å². The Balaban J connectivity index is 1.50. The van der Waals surface area contributed by atoms with Crippen LogP contribution in [-0.2, 0) is 21.2 Å². The summed E-state index contributed by atoms with van der Waals surface area (Å²) < 4.78 is 47.7. The Morgan fingerprint density at radius 1 is 1.30 bits per heavy atom. The molecule has 160 valence electrons. The van der Waals surface area contributed by atoms with E-state index in [-0.39, 0.29) is 29.7 Å². The highest BCUT2D eigenvalue weighted by Crippen LogP contribution is 2.28. The maximum Gasteiger partial charge on any atom is 0.327 e. The van der Waals surface area contributed by atoms with Crippen molar-refractivity contribution in [2.24, 2.45) is 0 Å². The van der Waals surface area contributed by atoms with Gasteiger partial charge >= 0.3 is 5.97 Å². The van der Waals surface area contributed by atoms with Crippen molar-refractivity contribution in [1.29, 1.82) is 0 Å². The molecular formula is C16H16FN5O6S2. The van der Waals surface area contributed by atoms with Crippen LogP contribution in [0.5, 0.6) is 10.9 Å². The molecule has 11 nitrogen and oxygen atoms in total. The van der Waals surface area contributed by atoms with Gasteiger partial charge in [-0.2, -0.15) is 4.80 Å². The van der Waals surface area contributed by atoms with Crippen LogP contribution in [0.25, 0.3) is 10.7 Å². The van der Waals surface area contributed by atoms with E-state index in [4.69, 9.17) is 14.6 Å². The molecule has 0 radical (unpaired) electrons. The predicted molar refractivity (Wildman–Crippen MR) is 102 cm³/mol. The van der Waals surface area contributed by atoms with Crippen molar-refractivity contribution in [3.8, 4) is 21.6 Å². The first-order valence-electron chi connectivity index (χ1n) is 8.43. The zero-order valence-corrected chi connectivity index (χ0v) is 17.2. The lowest BCUT2D eigenvalue weighted by atomic mass is 10.3. The zero-order valence-electron chi connectivity index (χ0n) is 15.6. The first kappa shape index (κ1) is 21.6. The molecule has 0 fully saturated rings. The van der Waals surface area contributed by atoms with E-state index >= 15 is 0 Å². The maximum atomic E-state index is 13.4. The van der Waals surface area contributed by atoms with Crippen molar-refractivity contribution in [2.75, 3.05) is 19.5 Å². The van der Waals surface area contributed by atoms with Gasteiger partial charge in [0.1, 0.15) is 16.5 Å². The number of nitrogens with zero attached hydrogens (tertiary/aromatic N) is 5. The number of rotatable bonds is 10. The Morgan fingerprint density at radius 2 is 2.07 bits per heavy atom. The lowest BCUT2D eigenvalue weighted by Gasteiger charge is -2.10. The molecule has 0 spiro atoms. The van der Waals surface area contributed by atoms with Crippen molar-refractivity contribution >= 4 is 27.1 Å². The van der Waals surface area contributed by atoms with Crippen LogP contribution in [0.15, 0.2) is 29.3 Å². The Bertz CT molecular complexity index is 1150. The van der Waals surface area contributed by atoms with E-state index in [1.165, 1.54) is 6.20 Å². The molecule has 0 aliphatic heterocycles. The molecule has 0 aliphatic carbocycles. The molecule has 1 N–H and O–H groups in total. The normalized spacial score (nSPS) is 11.4. The smallest absolute Gasteiger partial charge is 0.327 e. The van der Waals surface area contributed by atoms with Gasteiger partial charge in [0.05, 0.1) is 24.3 Å². The van der Waals surface area contributed by atoms with Crippen LogP contribution in [0.3, 0.4) is 0 Å². The van der Waals surface area contributed by atoms with Gasteiger partial charge in [0.25, 0.3) is 5.19 Å². The maximum absolute atomic E-state index is 13.4. The third-order valence-corrected chi connectivity index (χ3v) is 5.55. The molecule has 3 rings (SSSR count). The van der Waals surface area contributed by atoms with Crippen LogP contribution in [-0.4, -0.2) is 64.2 Å². The van der Waals surface area contributed by atoms with E-state index < -0.39 is 28.2 Å². The van der Waals surface area contributed by atoms with Gasteiger partial charge in [-0.3, -0.25) is 4.79 Å². The number of thiazole rings is 1. The van der Waals surface area contributed by atoms with Gasteiger partial charge in [0, 0.05) is 18.7 Å². The number of aliphatic carboxylic acids is 1. The van der Waals surface area contributed by atoms with Crippen LogP contribution < -0.4 is 9.47 Å². The summed E-state index contributed by atoms with van der Waals surface area (Å²) in [5.74, 6) is -1.51. The summed E-state index contributed by atoms with van der Waals surface area (Å²) in [5, 5.41) is 20.4. The lowest BCUT2D eigenvalue weighted by Crippen LogP contribution is -2.11. The summed E-state index contributed by atoms with van der Waals surface area (Å²) in [5.41, 5.74) is 0. The fourth-order valence-corrected chi connectivity index (χ4v) is 3.77. The van der Waals surface area contributed by atoms with E-state index in [1.807, 2.05) is 0 Å². The van der Waals surface area contributed by atoms with E-state index in [0.717, 1.165) is 40.6 Å². The van der Waals surface area contributed by atoms with Gasteiger partial charge in [-0.05, 0) is 17.3 Å². The van der Waals surface area contributed by atoms with Crippen LogP contribution in [0, 0.1) is 5.82 Å². The molecule has 30 heavy (non-hydrogen) atoms. The highest BCUT2D eigenvalue weighted by atomic mass is 32.2. The molecule has 1 aromatic carbocycles. The number of carboxylic acids is 1. The number of hydrogen-bond acceptors (Lipinski definition) is 10. The highest BCUT2D eigenvalue weighted by molar-refractivity contribution is 7.90. The monoisotopic (exact) mass is 457 g/mol. The number of ether oxygens (including phenoxy) is 2. The van der Waals surface area contributed by atoms with Gasteiger partial charge in [-0.25, -0.2) is 17.8 Å². The van der Waals surface area contributed by atoms with Crippen LogP contribution in [0.4, 0.5) is 4.39 Å². The SMILES string of the molecule is CS(=O)(=O)c1ccc(F)cc1OCCCOc1ncc(-c2nnn(CC(=O)O)n2)s1. The average molecular weight is 457 g/mol. The molecule has 3 aromatic rings. The first-order valence-corrected chi connectivity index (χ1v) is 11.1. The van der Waals surface area contributed by atoms with E-state index in [0.29, 0.717) is 16.5 Å². The van der Waals surface area contributed by atoms with Gasteiger partial charge in [-0.1, -0.05) is 11.3 Å². The zero-order chi connectivity index (χ0) is 21.7. The van der Waals surface area contributed by atoms with Gasteiger partial charge in [0.15, 0.2) is 16.4 Å². The van der Waals surface area contributed by atoms with Crippen molar-refractivity contribution in [1.82, 2.24) is 25.2 Å². The molecule has 2 aromatic heterocycles. The summed E-state index contributed by atoms with van der Waals surface area (Å²) >= 11 is 1.15. The lowest BCUT2D eigenvalue weighted by molar-refractivity contribution is -0.138. The largest absolute Gasteiger partial charge is 0.492 e. The number of sulfone groups is 1. The van der Waals surface area contributed by atoms with E-state index in [1.54, 1.807) is 0 Å². The molecule has 0 saturated carbocycles. The van der Waals surface area contributed by atoms with Gasteiger partial charge in [0.2, 0.25) is 5.82 Å². The fourth-order valence-electron chi connectivity index (χ4n) is 2.26. The molecule has 2 heterocycles. The summed E-state index contributed by atoms with van der Waals surface area (Å²) in [6.07, 6.45) is 2.89. The van der Waals surface area contributed by atoms with Crippen LogP contribution in [0.1, 0.15) is 6.42 Å². The Labute approximate surface area is 174 Å². The van der Waals surface area contributed by atoms with Crippen LogP contribution in [0.2, 0.25) is 0 Å². The second-order valence-electron chi connectivity index (χ2n) is 5.94. The number of tetrazole rings is 1. The predicted octanol–water partition coefficient (Wildman–Crippen LogP) is 1.27. The quantitative estimate of drug-likeness (QED) is 0.349. The standard InChI is InChI=1S/C16H16FN5O6S2/c1-30(25,26)13-4-3-10(17)7-11(13)27-5-2-6-28-16-18-8-12(29-16)15-19-21-22(20-15)9-14(23)24/h3-4,7-8H,2,5-6,9H2,1H3,(H,23,24). The molecule has 0 unspecified atom stereocenters. The van der Waals surface area contributed by atoms with Gasteiger partial charge in [-0.15, -0.1) is 10.2 Å². The van der Waals surface area contributed by atoms with Crippen LogP contribution >= 0.6 is 11.3 Å². The topological polar surface area (TPSA) is 146 Å². The van der Waals surface area contributed by atoms with E-state index in [2.05, 4.69) is 20.4 Å². The minimum absolute atomic E-state index is 0.0513. The molecule has 0 bridgehead atoms. The number of benzene rings is 1. The van der Waals surface area contributed by atoms with Crippen molar-refractivity contribution < 1.29 is 32.2 Å². The first-order chi connectivity index (χ1) is 14.2. The molecule has 0 amide bonds. The van der Waals surface area contributed by atoms with Crippen molar-refractivity contribution in [2.45, 2.75) is 17.9 Å². The Morgan fingerprint density at radius 3 is 2.80 bits per heavy atom. The van der Waals surface area contributed by atoms with Crippen molar-refractivity contribution in [3.05, 3.63) is 30.2 Å². The third-order valence-electron chi connectivity index (χ3n) is 3.51. The van der Waals surface area contributed by atoms with E-state index in [9.17, 15) is 17.6 Å². The minimum atomic E-state index is -3.55. The summed E-state index contributed by atoms with van der Waals surface area (Å²) in [6.45, 7) is -0.0770. The number of carbonyl (C=O) groups is 1. The number of hydrogen-bond donors (Lipinski definition) is 1. The third kappa shape index (κ3) is 5.70. The Hall–Kier alpha value is -3.13. The Kier molecular flexibility index (Phi) is 6.56. The molecule has 0 saturated heterocycles. The molecule has 0 atom stereocenters. The number of aromatic nitrogens is 5. The second-order valence-corrected chi connectivity index (χ2v) is 8.92. The second kappa shape index (κ2) is 9.13. The summed E-state index contributed by atoms with van der Waals surface area (Å²) in [7, 11) is -3.55. The molecule has 14 heteroatoms. The summed E-state index contributed by atoms with van der Waals surface area (Å²) in [4.78, 5) is 16.1.